The summed E-state index contributed by atoms with van der Waals surface area (Å²) in [6.07, 6.45) is -1.26. The topological polar surface area (TPSA) is 184 Å². The van der Waals surface area contributed by atoms with Crippen LogP contribution in [0.1, 0.15) is 25.1 Å². The van der Waals surface area contributed by atoms with Crippen LogP contribution in [0.25, 0.3) is 21.9 Å². The lowest BCUT2D eigenvalue weighted by Crippen LogP contribution is -2.50. The summed E-state index contributed by atoms with van der Waals surface area (Å²) in [6.45, 7) is 1.10. The van der Waals surface area contributed by atoms with E-state index in [1.165, 1.54) is 17.8 Å². The van der Waals surface area contributed by atoms with Gasteiger partial charge in [-0.3, -0.25) is 13.9 Å². The van der Waals surface area contributed by atoms with Crippen LogP contribution in [-0.2, 0) is 25.0 Å². The van der Waals surface area contributed by atoms with Crippen LogP contribution in [0.4, 0.5) is 5.82 Å². The van der Waals surface area contributed by atoms with Crippen molar-refractivity contribution in [1.29, 1.82) is 0 Å². The summed E-state index contributed by atoms with van der Waals surface area (Å²) >= 11 is 5.99. The summed E-state index contributed by atoms with van der Waals surface area (Å²) in [6, 6.07) is 21.5. The van der Waals surface area contributed by atoms with Gasteiger partial charge in [0.25, 0.3) is 0 Å². The number of anilines is 1. The first-order chi connectivity index (χ1) is 21.5. The van der Waals surface area contributed by atoms with Gasteiger partial charge < -0.3 is 25.2 Å². The third kappa shape index (κ3) is 6.50. The van der Waals surface area contributed by atoms with Crippen molar-refractivity contribution < 1.29 is 33.4 Å². The molecule has 1 unspecified atom stereocenters. The Morgan fingerprint density at radius 3 is 2.67 bits per heavy atom. The molecule has 1 aliphatic heterocycles. The van der Waals surface area contributed by atoms with E-state index in [2.05, 4.69) is 20.0 Å². The van der Waals surface area contributed by atoms with Crippen molar-refractivity contribution in [3.63, 3.8) is 0 Å². The molecule has 15 heteroatoms. The number of rotatable bonds is 11. The van der Waals surface area contributed by atoms with Gasteiger partial charge in [0.2, 0.25) is 5.28 Å². The molecule has 0 bridgehead atoms. The van der Waals surface area contributed by atoms with Crippen LogP contribution >= 0.6 is 19.3 Å². The molecule has 234 valence electrons. The van der Waals surface area contributed by atoms with Crippen molar-refractivity contribution in [1.82, 2.24) is 24.6 Å². The summed E-state index contributed by atoms with van der Waals surface area (Å²) in [5.41, 5.74) is 5.42. The molecule has 3 heterocycles. The lowest BCUT2D eigenvalue weighted by molar-refractivity contribution is -0.143. The Morgan fingerprint density at radius 1 is 1.16 bits per heavy atom. The number of nitrogens with two attached hydrogens (primary N) is 1. The van der Waals surface area contributed by atoms with Gasteiger partial charge in [-0.1, -0.05) is 66.7 Å². The van der Waals surface area contributed by atoms with Crippen molar-refractivity contribution in [2.75, 3.05) is 12.3 Å². The fourth-order valence-electron chi connectivity index (χ4n) is 5.32. The van der Waals surface area contributed by atoms with Gasteiger partial charge in [0, 0.05) is 18.2 Å². The Labute approximate surface area is 262 Å². The first kappa shape index (κ1) is 30.9. The van der Waals surface area contributed by atoms with E-state index in [-0.39, 0.29) is 41.9 Å². The number of hydrogen-bond acceptors (Lipinski definition) is 10. The molecule has 0 aliphatic carbocycles. The van der Waals surface area contributed by atoms with E-state index in [1.807, 2.05) is 30.3 Å². The molecule has 45 heavy (non-hydrogen) atoms. The second-order valence-corrected chi connectivity index (χ2v) is 12.9. The van der Waals surface area contributed by atoms with E-state index < -0.39 is 37.7 Å². The lowest BCUT2D eigenvalue weighted by Gasteiger charge is -2.31. The molecule has 13 nitrogen and oxygen atoms in total. The summed E-state index contributed by atoms with van der Waals surface area (Å²) in [4.78, 5) is 24.9. The number of carboxylic acid groups (broad SMARTS) is 1. The van der Waals surface area contributed by atoms with E-state index in [0.717, 1.165) is 5.39 Å². The number of carboxylic acids is 1. The highest BCUT2D eigenvalue weighted by molar-refractivity contribution is 7.52. The minimum absolute atomic E-state index is 0.0165. The van der Waals surface area contributed by atoms with Gasteiger partial charge in [-0.25, -0.2) is 9.55 Å². The number of carbonyl (C=O) groups is 1. The number of aliphatic carboxylic acids is 1. The molecule has 0 radical (unpaired) electrons. The molecular formula is C30H30ClN6O7P. The predicted molar refractivity (Wildman–Crippen MR) is 167 cm³/mol. The fraction of sp³-hybridized carbons (Fsp3) is 0.267. The van der Waals surface area contributed by atoms with E-state index in [4.69, 9.17) is 31.1 Å². The fourth-order valence-corrected chi connectivity index (χ4v) is 7.22. The van der Waals surface area contributed by atoms with Gasteiger partial charge in [-0.05, 0) is 35.5 Å². The van der Waals surface area contributed by atoms with Crippen LogP contribution in [0, 0.1) is 0 Å². The van der Waals surface area contributed by atoms with Gasteiger partial charge in [-0.2, -0.15) is 15.1 Å². The molecule has 0 amide bonds. The standard InChI is InChI=1S/C30H30ClN6O7P/c1-30(28(39)40,15-18-8-3-2-4-9-18)36-45(41,44-23-13-7-11-19-10-5-6-12-21(19)23)42-16-20-14-22(38)27(43-20)37-17-33-24-25(32)34-29(31)35-26(24)37/h2-13,17,20,22,27,38H,14-16H2,1H3,(H,36,41)(H,39,40)(H2,32,34,35)/t20-,22+,27+,30+,45?/m0/s1. The Morgan fingerprint density at radius 2 is 1.89 bits per heavy atom. The Kier molecular flexibility index (Phi) is 8.49. The molecule has 5 N–H and O–H groups in total. The number of aromatic nitrogens is 4. The highest BCUT2D eigenvalue weighted by Gasteiger charge is 2.45. The molecular weight excluding hydrogens is 623 g/mol. The Balaban J connectivity index is 1.27. The molecule has 1 saturated heterocycles. The number of hydrogen-bond donors (Lipinski definition) is 4. The number of fused-ring (bicyclic) bond motifs is 2. The number of aliphatic hydroxyl groups is 1. The maximum atomic E-state index is 14.5. The molecule has 0 saturated carbocycles. The van der Waals surface area contributed by atoms with E-state index in [1.54, 1.807) is 42.5 Å². The maximum absolute atomic E-state index is 14.5. The second kappa shape index (κ2) is 12.4. The van der Waals surface area contributed by atoms with Crippen LogP contribution in [0.2, 0.25) is 5.28 Å². The first-order valence-electron chi connectivity index (χ1n) is 14.0. The van der Waals surface area contributed by atoms with Crippen molar-refractivity contribution >= 4 is 53.1 Å². The molecule has 3 aromatic carbocycles. The van der Waals surface area contributed by atoms with Gasteiger partial charge in [0.1, 0.15) is 22.9 Å². The molecule has 5 aromatic rings. The van der Waals surface area contributed by atoms with E-state index in [0.29, 0.717) is 16.5 Å². The molecule has 1 aliphatic rings. The largest absolute Gasteiger partial charge is 0.480 e. The zero-order valence-corrected chi connectivity index (χ0v) is 25.6. The highest BCUT2D eigenvalue weighted by atomic mass is 35.5. The first-order valence-corrected chi connectivity index (χ1v) is 15.9. The van der Waals surface area contributed by atoms with Crippen molar-refractivity contribution in [3.8, 4) is 5.75 Å². The zero-order valence-electron chi connectivity index (χ0n) is 24.0. The minimum atomic E-state index is -4.43. The Bertz CT molecular complexity index is 1910. The van der Waals surface area contributed by atoms with Gasteiger partial charge >= 0.3 is 13.7 Å². The second-order valence-electron chi connectivity index (χ2n) is 10.9. The van der Waals surface area contributed by atoms with Crippen LogP contribution in [0.3, 0.4) is 0 Å². The minimum Gasteiger partial charge on any atom is -0.480 e. The number of halogens is 1. The van der Waals surface area contributed by atoms with Crippen LogP contribution in [0.5, 0.6) is 5.75 Å². The quantitative estimate of drug-likeness (QED) is 0.114. The Hall–Kier alpha value is -4.10. The third-order valence-electron chi connectivity index (χ3n) is 7.52. The molecule has 0 spiro atoms. The molecule has 1 fully saturated rings. The molecule has 2 aromatic heterocycles. The number of benzene rings is 3. The number of nitrogen functional groups attached to an aromatic ring is 1. The third-order valence-corrected chi connectivity index (χ3v) is 9.38. The van der Waals surface area contributed by atoms with E-state index in [9.17, 15) is 19.6 Å². The normalized spacial score (nSPS) is 21.0. The van der Waals surface area contributed by atoms with Crippen LogP contribution in [-0.4, -0.2) is 60.1 Å². The average Bonchev–Trinajstić information content (AvgIpc) is 3.59. The number of ether oxygens (including phenoxy) is 1. The lowest BCUT2D eigenvalue weighted by atomic mass is 9.94. The summed E-state index contributed by atoms with van der Waals surface area (Å²) in [7, 11) is -4.43. The molecule has 6 rings (SSSR count). The SMILES string of the molecule is C[C@](Cc1ccccc1)(NP(=O)(OC[C@@H]1C[C@@H](O)[C@H](n2cnc3c(N)nc(Cl)nc32)O1)Oc1cccc2ccccc12)C(=O)O. The van der Waals surface area contributed by atoms with Crippen molar-refractivity contribution in [2.24, 2.45) is 0 Å². The van der Waals surface area contributed by atoms with Crippen LogP contribution in [0.15, 0.2) is 79.1 Å². The number of imidazole rings is 1. The number of nitrogens with zero attached hydrogens (tertiary/aromatic N) is 4. The van der Waals surface area contributed by atoms with Gasteiger partial charge in [0.15, 0.2) is 17.7 Å². The van der Waals surface area contributed by atoms with Crippen molar-refractivity contribution in [3.05, 3.63) is 90.0 Å². The highest BCUT2D eigenvalue weighted by Crippen LogP contribution is 2.49. The van der Waals surface area contributed by atoms with Crippen molar-refractivity contribution in [2.45, 2.75) is 43.7 Å². The molecule has 5 atom stereocenters. The van der Waals surface area contributed by atoms with Gasteiger partial charge in [-0.15, -0.1) is 0 Å². The average molecular weight is 653 g/mol. The van der Waals surface area contributed by atoms with Crippen LogP contribution < -0.4 is 15.3 Å². The number of aliphatic hydroxyl groups excluding tert-OH is 1. The zero-order chi connectivity index (χ0) is 31.8. The monoisotopic (exact) mass is 652 g/mol. The predicted octanol–water partition coefficient (Wildman–Crippen LogP) is 4.74. The maximum Gasteiger partial charge on any atom is 0.459 e. The van der Waals surface area contributed by atoms with Gasteiger partial charge in [0.05, 0.1) is 19.0 Å². The van der Waals surface area contributed by atoms with E-state index >= 15 is 0 Å². The smallest absolute Gasteiger partial charge is 0.459 e. The number of nitrogens with one attached hydrogen (secondary N) is 1. The summed E-state index contributed by atoms with van der Waals surface area (Å²) < 4.78 is 34.1. The summed E-state index contributed by atoms with van der Waals surface area (Å²) in [5, 5.41) is 25.3. The summed E-state index contributed by atoms with van der Waals surface area (Å²) in [5.74, 6) is -0.942.